The molecule has 1 aromatic carbocycles. The van der Waals surface area contributed by atoms with Gasteiger partial charge >= 0.3 is 0 Å². The minimum atomic E-state index is -0.0968. The lowest BCUT2D eigenvalue weighted by atomic mass is 10.2. The number of rotatable bonds is 6. The van der Waals surface area contributed by atoms with Crippen LogP contribution in [0.25, 0.3) is 0 Å². The third-order valence-electron chi connectivity index (χ3n) is 2.26. The average Bonchev–Trinajstić information content (AvgIpc) is 2.35. The van der Waals surface area contributed by atoms with E-state index in [1.165, 1.54) is 0 Å². The SMILES string of the molecule is CSc1ccc(Cl)c(C(=O)NCCCCBr)c1. The van der Waals surface area contributed by atoms with Gasteiger partial charge in [-0.3, -0.25) is 4.79 Å². The summed E-state index contributed by atoms with van der Waals surface area (Å²) in [6.07, 6.45) is 4.00. The van der Waals surface area contributed by atoms with Gasteiger partial charge in [0.2, 0.25) is 0 Å². The van der Waals surface area contributed by atoms with E-state index in [1.54, 1.807) is 17.8 Å². The number of carbonyl (C=O) groups is 1. The number of unbranched alkanes of at least 4 members (excludes halogenated alkanes) is 1. The van der Waals surface area contributed by atoms with E-state index in [9.17, 15) is 4.79 Å². The number of halogens is 2. The summed E-state index contributed by atoms with van der Waals surface area (Å²) in [7, 11) is 0. The second-order valence-electron chi connectivity index (χ2n) is 3.50. The zero-order chi connectivity index (χ0) is 12.7. The van der Waals surface area contributed by atoms with Crippen molar-refractivity contribution in [3.05, 3.63) is 28.8 Å². The second kappa shape index (κ2) is 8.01. The van der Waals surface area contributed by atoms with Crippen molar-refractivity contribution in [3.63, 3.8) is 0 Å². The lowest BCUT2D eigenvalue weighted by Crippen LogP contribution is -2.24. The Hall–Kier alpha value is -0.190. The zero-order valence-electron chi connectivity index (χ0n) is 9.63. The summed E-state index contributed by atoms with van der Waals surface area (Å²) >= 11 is 11.0. The highest BCUT2D eigenvalue weighted by Crippen LogP contribution is 2.22. The van der Waals surface area contributed by atoms with E-state index < -0.39 is 0 Å². The van der Waals surface area contributed by atoms with Gasteiger partial charge in [0, 0.05) is 16.8 Å². The van der Waals surface area contributed by atoms with Gasteiger partial charge in [-0.15, -0.1) is 11.8 Å². The molecule has 94 valence electrons. The maximum atomic E-state index is 11.9. The number of hydrogen-bond acceptors (Lipinski definition) is 2. The minimum Gasteiger partial charge on any atom is -0.352 e. The number of amides is 1. The molecule has 1 rings (SSSR count). The molecule has 0 spiro atoms. The zero-order valence-corrected chi connectivity index (χ0v) is 12.8. The Labute approximate surface area is 120 Å². The third-order valence-corrected chi connectivity index (χ3v) is 3.88. The van der Waals surface area contributed by atoms with Gasteiger partial charge in [-0.2, -0.15) is 0 Å². The van der Waals surface area contributed by atoms with E-state index >= 15 is 0 Å². The molecule has 0 heterocycles. The van der Waals surface area contributed by atoms with Crippen LogP contribution in [-0.4, -0.2) is 24.0 Å². The van der Waals surface area contributed by atoms with Gasteiger partial charge in [0.15, 0.2) is 0 Å². The lowest BCUT2D eigenvalue weighted by molar-refractivity contribution is 0.0953. The van der Waals surface area contributed by atoms with E-state index in [0.717, 1.165) is 23.1 Å². The Kier molecular flexibility index (Phi) is 7.00. The molecular weight excluding hydrogens is 322 g/mol. The van der Waals surface area contributed by atoms with Gasteiger partial charge in [0.1, 0.15) is 0 Å². The van der Waals surface area contributed by atoms with Crippen LogP contribution in [0, 0.1) is 0 Å². The summed E-state index contributed by atoms with van der Waals surface area (Å²) in [4.78, 5) is 12.9. The normalized spacial score (nSPS) is 10.3. The first kappa shape index (κ1) is 14.9. The molecule has 0 bridgehead atoms. The van der Waals surface area contributed by atoms with E-state index in [2.05, 4.69) is 21.2 Å². The van der Waals surface area contributed by atoms with Gasteiger partial charge < -0.3 is 5.32 Å². The van der Waals surface area contributed by atoms with Crippen LogP contribution >= 0.6 is 39.3 Å². The molecule has 0 fully saturated rings. The van der Waals surface area contributed by atoms with Crippen molar-refractivity contribution >= 4 is 45.2 Å². The Morgan fingerprint density at radius 2 is 2.24 bits per heavy atom. The second-order valence-corrected chi connectivity index (χ2v) is 5.58. The van der Waals surface area contributed by atoms with Crippen LogP contribution in [0.15, 0.2) is 23.1 Å². The van der Waals surface area contributed by atoms with Crippen LogP contribution in [0.5, 0.6) is 0 Å². The fourth-order valence-electron chi connectivity index (χ4n) is 1.32. The Balaban J connectivity index is 2.61. The Morgan fingerprint density at radius 3 is 2.88 bits per heavy atom. The first-order valence-corrected chi connectivity index (χ1v) is 8.09. The standard InChI is InChI=1S/C12H15BrClNOS/c1-17-9-4-5-11(14)10(8-9)12(16)15-7-3-2-6-13/h4-5,8H,2-3,6-7H2,1H3,(H,15,16). The molecule has 1 amide bonds. The fourth-order valence-corrected chi connectivity index (χ4v) is 2.36. The largest absolute Gasteiger partial charge is 0.352 e. The predicted molar refractivity (Wildman–Crippen MR) is 78.6 cm³/mol. The fraction of sp³-hybridized carbons (Fsp3) is 0.417. The number of nitrogens with one attached hydrogen (secondary N) is 1. The maximum Gasteiger partial charge on any atom is 0.252 e. The molecule has 0 aliphatic heterocycles. The van der Waals surface area contributed by atoms with Crippen LogP contribution in [-0.2, 0) is 0 Å². The van der Waals surface area contributed by atoms with E-state index in [4.69, 9.17) is 11.6 Å². The van der Waals surface area contributed by atoms with Gasteiger partial charge in [-0.05, 0) is 37.3 Å². The van der Waals surface area contributed by atoms with Crippen molar-refractivity contribution in [2.45, 2.75) is 17.7 Å². The highest BCUT2D eigenvalue weighted by Gasteiger charge is 2.10. The minimum absolute atomic E-state index is 0.0968. The highest BCUT2D eigenvalue weighted by atomic mass is 79.9. The molecule has 1 aromatic rings. The quantitative estimate of drug-likeness (QED) is 0.484. The smallest absolute Gasteiger partial charge is 0.252 e. The third kappa shape index (κ3) is 4.90. The van der Waals surface area contributed by atoms with Crippen molar-refractivity contribution < 1.29 is 4.79 Å². The van der Waals surface area contributed by atoms with E-state index in [1.807, 2.05) is 18.4 Å². The number of carbonyl (C=O) groups excluding carboxylic acids is 1. The van der Waals surface area contributed by atoms with Crippen LogP contribution < -0.4 is 5.32 Å². The summed E-state index contributed by atoms with van der Waals surface area (Å²) in [6.45, 7) is 0.685. The first-order chi connectivity index (χ1) is 8.19. The molecule has 0 unspecified atom stereocenters. The number of hydrogen-bond donors (Lipinski definition) is 1. The Bertz CT molecular complexity index is 387. The topological polar surface area (TPSA) is 29.1 Å². The number of thioether (sulfide) groups is 1. The van der Waals surface area contributed by atoms with Crippen molar-refractivity contribution in [1.82, 2.24) is 5.32 Å². The summed E-state index contributed by atoms with van der Waals surface area (Å²) in [5.74, 6) is -0.0968. The molecule has 17 heavy (non-hydrogen) atoms. The van der Waals surface area contributed by atoms with E-state index in [-0.39, 0.29) is 5.91 Å². The molecule has 0 aliphatic rings. The lowest BCUT2D eigenvalue weighted by Gasteiger charge is -2.07. The first-order valence-electron chi connectivity index (χ1n) is 5.36. The molecule has 0 radical (unpaired) electrons. The molecule has 0 atom stereocenters. The van der Waals surface area contributed by atoms with Crippen molar-refractivity contribution in [3.8, 4) is 0 Å². The van der Waals surface area contributed by atoms with Crippen molar-refractivity contribution in [2.24, 2.45) is 0 Å². The van der Waals surface area contributed by atoms with E-state index in [0.29, 0.717) is 17.1 Å². The van der Waals surface area contributed by atoms with Gasteiger partial charge in [0.25, 0.3) is 5.91 Å². The average molecular weight is 337 g/mol. The summed E-state index contributed by atoms with van der Waals surface area (Å²) in [5.41, 5.74) is 0.553. The van der Waals surface area contributed by atoms with Gasteiger partial charge in [0.05, 0.1) is 10.6 Å². The number of benzene rings is 1. The van der Waals surface area contributed by atoms with Crippen LogP contribution in [0.1, 0.15) is 23.2 Å². The van der Waals surface area contributed by atoms with Crippen LogP contribution in [0.4, 0.5) is 0 Å². The van der Waals surface area contributed by atoms with Crippen molar-refractivity contribution in [1.29, 1.82) is 0 Å². The van der Waals surface area contributed by atoms with Gasteiger partial charge in [-0.25, -0.2) is 0 Å². The predicted octanol–water partition coefficient (Wildman–Crippen LogP) is 3.97. The molecular formula is C12H15BrClNOS. The molecule has 2 nitrogen and oxygen atoms in total. The molecule has 0 saturated carbocycles. The summed E-state index contributed by atoms with van der Waals surface area (Å²) < 4.78 is 0. The molecule has 0 aromatic heterocycles. The van der Waals surface area contributed by atoms with Crippen LogP contribution in [0.2, 0.25) is 5.02 Å². The maximum absolute atomic E-state index is 11.9. The monoisotopic (exact) mass is 335 g/mol. The van der Waals surface area contributed by atoms with Crippen LogP contribution in [0.3, 0.4) is 0 Å². The van der Waals surface area contributed by atoms with Gasteiger partial charge in [-0.1, -0.05) is 27.5 Å². The summed E-state index contributed by atoms with van der Waals surface area (Å²) in [6, 6.07) is 5.50. The summed E-state index contributed by atoms with van der Waals surface area (Å²) in [5, 5.41) is 4.34. The molecule has 5 heteroatoms. The molecule has 0 aliphatic carbocycles. The molecule has 0 saturated heterocycles. The number of alkyl halides is 1. The highest BCUT2D eigenvalue weighted by molar-refractivity contribution is 9.09. The Morgan fingerprint density at radius 1 is 1.47 bits per heavy atom. The molecule has 1 N–H and O–H groups in total. The van der Waals surface area contributed by atoms with Crippen molar-refractivity contribution in [2.75, 3.05) is 18.1 Å².